The van der Waals surface area contributed by atoms with Crippen LogP contribution in [0.3, 0.4) is 0 Å². The lowest BCUT2D eigenvalue weighted by Crippen LogP contribution is -2.40. The van der Waals surface area contributed by atoms with Crippen LogP contribution >= 0.6 is 11.3 Å². The van der Waals surface area contributed by atoms with Crippen molar-refractivity contribution in [3.63, 3.8) is 0 Å². The van der Waals surface area contributed by atoms with Crippen molar-refractivity contribution in [1.82, 2.24) is 4.90 Å². The van der Waals surface area contributed by atoms with E-state index < -0.39 is 0 Å². The molecule has 2 heterocycles. The smallest absolute Gasteiger partial charge is 0.264 e. The highest BCUT2D eigenvalue weighted by atomic mass is 32.1. The Morgan fingerprint density at radius 1 is 1.12 bits per heavy atom. The number of ether oxygens (including phenoxy) is 1. The summed E-state index contributed by atoms with van der Waals surface area (Å²) in [4.78, 5) is 15.3. The van der Waals surface area contributed by atoms with E-state index in [9.17, 15) is 9.18 Å². The van der Waals surface area contributed by atoms with Gasteiger partial charge in [0.05, 0.1) is 18.1 Å². The Kier molecular flexibility index (Phi) is 4.51. The molecule has 1 amide bonds. The molecule has 4 rings (SSSR count). The molecule has 0 atom stereocenters. The van der Waals surface area contributed by atoms with E-state index in [1.165, 1.54) is 17.4 Å². The molecule has 1 saturated heterocycles. The van der Waals surface area contributed by atoms with Gasteiger partial charge in [0.1, 0.15) is 5.82 Å². The van der Waals surface area contributed by atoms with Gasteiger partial charge < -0.3 is 9.64 Å². The Balaban J connectivity index is 1.65. The Hall–Kier alpha value is -2.24. The third-order valence-electron chi connectivity index (χ3n) is 4.44. The lowest BCUT2D eigenvalue weighted by molar-refractivity contribution is 0.0306. The summed E-state index contributed by atoms with van der Waals surface area (Å²) in [5.41, 5.74) is 2.04. The summed E-state index contributed by atoms with van der Waals surface area (Å²) in [6, 6.07) is 14.7. The van der Waals surface area contributed by atoms with Crippen LogP contribution in [0.2, 0.25) is 0 Å². The average molecular weight is 355 g/mol. The topological polar surface area (TPSA) is 29.5 Å². The zero-order chi connectivity index (χ0) is 17.2. The second-order valence-corrected chi connectivity index (χ2v) is 7.23. The molecule has 0 bridgehead atoms. The summed E-state index contributed by atoms with van der Waals surface area (Å²) in [6.07, 6.45) is 0.650. The first-order valence-corrected chi connectivity index (χ1v) is 9.15. The monoisotopic (exact) mass is 355 g/mol. The number of halogens is 1. The molecule has 0 aliphatic carbocycles. The van der Waals surface area contributed by atoms with Gasteiger partial charge in [-0.15, -0.1) is 11.3 Å². The molecule has 2 aromatic carbocycles. The lowest BCUT2D eigenvalue weighted by Gasteiger charge is -2.26. The van der Waals surface area contributed by atoms with Crippen molar-refractivity contribution in [1.29, 1.82) is 0 Å². The number of rotatable bonds is 3. The third kappa shape index (κ3) is 3.43. The molecular formula is C20H18FNO2S. The molecule has 128 valence electrons. The zero-order valence-corrected chi connectivity index (χ0v) is 14.5. The van der Waals surface area contributed by atoms with Crippen molar-refractivity contribution in [2.75, 3.05) is 26.3 Å². The van der Waals surface area contributed by atoms with Crippen LogP contribution in [0.4, 0.5) is 4.39 Å². The largest absolute Gasteiger partial charge is 0.378 e. The Labute approximate surface area is 149 Å². The molecule has 1 aromatic heterocycles. The van der Waals surface area contributed by atoms with Crippen LogP contribution in [0.1, 0.15) is 20.8 Å². The molecule has 0 spiro atoms. The summed E-state index contributed by atoms with van der Waals surface area (Å²) >= 11 is 1.52. The van der Waals surface area contributed by atoms with Crippen molar-refractivity contribution >= 4 is 27.3 Å². The molecular weight excluding hydrogens is 337 g/mol. The number of carbonyl (C=O) groups is 1. The number of fused-ring (bicyclic) bond motifs is 1. The van der Waals surface area contributed by atoms with E-state index in [1.54, 1.807) is 12.1 Å². The van der Waals surface area contributed by atoms with Crippen molar-refractivity contribution < 1.29 is 13.9 Å². The van der Waals surface area contributed by atoms with E-state index in [1.807, 2.05) is 35.2 Å². The van der Waals surface area contributed by atoms with Crippen molar-refractivity contribution in [2.24, 2.45) is 0 Å². The highest BCUT2D eigenvalue weighted by molar-refractivity contribution is 7.20. The van der Waals surface area contributed by atoms with E-state index in [4.69, 9.17) is 4.74 Å². The van der Waals surface area contributed by atoms with Crippen LogP contribution in [-0.4, -0.2) is 37.1 Å². The fraction of sp³-hybridized carbons (Fsp3) is 0.250. The first-order valence-electron chi connectivity index (χ1n) is 8.33. The number of carbonyl (C=O) groups excluding carboxylic acids is 1. The standard InChI is InChI=1S/C20H18FNO2S/c21-16-5-1-3-14(12-16)11-15-4-2-6-18-17(15)13-19(25-18)20(23)22-7-9-24-10-8-22/h1-6,12-13H,7-11H2. The van der Waals surface area contributed by atoms with Crippen molar-refractivity contribution in [3.05, 3.63) is 70.4 Å². The molecule has 0 N–H and O–H groups in total. The number of morpholine rings is 1. The highest BCUT2D eigenvalue weighted by Gasteiger charge is 2.21. The predicted octanol–water partition coefficient (Wildman–Crippen LogP) is 4.10. The van der Waals surface area contributed by atoms with E-state index in [-0.39, 0.29) is 11.7 Å². The predicted molar refractivity (Wildman–Crippen MR) is 97.8 cm³/mol. The molecule has 25 heavy (non-hydrogen) atoms. The molecule has 0 radical (unpaired) electrons. The first-order chi connectivity index (χ1) is 12.2. The van der Waals surface area contributed by atoms with Crippen LogP contribution in [0.15, 0.2) is 48.5 Å². The van der Waals surface area contributed by atoms with Gasteiger partial charge >= 0.3 is 0 Å². The number of thiophene rings is 1. The molecule has 0 saturated carbocycles. The number of hydrogen-bond donors (Lipinski definition) is 0. The van der Waals surface area contributed by atoms with Crippen molar-refractivity contribution in [2.45, 2.75) is 6.42 Å². The summed E-state index contributed by atoms with van der Waals surface area (Å²) < 4.78 is 19.8. The number of nitrogens with zero attached hydrogens (tertiary/aromatic N) is 1. The number of amides is 1. The lowest BCUT2D eigenvalue weighted by atomic mass is 10.0. The van der Waals surface area contributed by atoms with Crippen LogP contribution in [0.5, 0.6) is 0 Å². The van der Waals surface area contributed by atoms with Gasteiger partial charge in [-0.2, -0.15) is 0 Å². The molecule has 3 nitrogen and oxygen atoms in total. The fourth-order valence-electron chi connectivity index (χ4n) is 3.17. The normalized spacial score (nSPS) is 14.8. The quantitative estimate of drug-likeness (QED) is 0.708. The maximum Gasteiger partial charge on any atom is 0.264 e. The Morgan fingerprint density at radius 2 is 1.92 bits per heavy atom. The SMILES string of the molecule is O=C(c1cc2c(Cc3cccc(F)c3)cccc2s1)N1CCOCC1. The Morgan fingerprint density at radius 3 is 2.72 bits per heavy atom. The van der Waals surface area contributed by atoms with Gasteiger partial charge in [-0.05, 0) is 47.2 Å². The van der Waals surface area contributed by atoms with Gasteiger partial charge in [0.25, 0.3) is 5.91 Å². The first kappa shape index (κ1) is 16.2. The van der Waals surface area contributed by atoms with E-state index in [0.717, 1.165) is 26.1 Å². The van der Waals surface area contributed by atoms with Crippen LogP contribution in [0, 0.1) is 5.82 Å². The maximum absolute atomic E-state index is 13.4. The molecule has 3 aromatic rings. The van der Waals surface area contributed by atoms with Crippen LogP contribution in [-0.2, 0) is 11.2 Å². The number of hydrogen-bond acceptors (Lipinski definition) is 3. The van der Waals surface area contributed by atoms with Crippen LogP contribution < -0.4 is 0 Å². The van der Waals surface area contributed by atoms with E-state index in [0.29, 0.717) is 32.7 Å². The Bertz CT molecular complexity index is 915. The van der Waals surface area contributed by atoms with E-state index >= 15 is 0 Å². The van der Waals surface area contributed by atoms with Gasteiger partial charge in [0.2, 0.25) is 0 Å². The van der Waals surface area contributed by atoms with Crippen molar-refractivity contribution in [3.8, 4) is 0 Å². The summed E-state index contributed by atoms with van der Waals surface area (Å²) in [6.45, 7) is 2.48. The summed E-state index contributed by atoms with van der Waals surface area (Å²) in [5, 5.41) is 1.08. The molecule has 1 aliphatic heterocycles. The van der Waals surface area contributed by atoms with Gasteiger partial charge in [0, 0.05) is 17.8 Å². The number of benzene rings is 2. The molecule has 1 fully saturated rings. The highest BCUT2D eigenvalue weighted by Crippen LogP contribution is 2.30. The summed E-state index contributed by atoms with van der Waals surface area (Å²) in [5.74, 6) is -0.153. The zero-order valence-electron chi connectivity index (χ0n) is 13.7. The molecule has 5 heteroatoms. The second-order valence-electron chi connectivity index (χ2n) is 6.15. The van der Waals surface area contributed by atoms with Gasteiger partial charge in [-0.3, -0.25) is 4.79 Å². The third-order valence-corrected chi connectivity index (χ3v) is 5.53. The second kappa shape index (κ2) is 6.94. The molecule has 1 aliphatic rings. The maximum atomic E-state index is 13.4. The summed E-state index contributed by atoms with van der Waals surface area (Å²) in [7, 11) is 0. The van der Waals surface area contributed by atoms with Gasteiger partial charge in [0.15, 0.2) is 0 Å². The minimum Gasteiger partial charge on any atom is -0.378 e. The minimum absolute atomic E-state index is 0.0706. The van der Waals surface area contributed by atoms with E-state index in [2.05, 4.69) is 0 Å². The van der Waals surface area contributed by atoms with Gasteiger partial charge in [-0.25, -0.2) is 4.39 Å². The molecule has 0 unspecified atom stereocenters. The van der Waals surface area contributed by atoms with Gasteiger partial charge in [-0.1, -0.05) is 24.3 Å². The average Bonchev–Trinajstić information content (AvgIpc) is 3.07. The minimum atomic E-state index is -0.224. The van der Waals surface area contributed by atoms with Crippen LogP contribution in [0.25, 0.3) is 10.1 Å². The fourth-order valence-corrected chi connectivity index (χ4v) is 4.25.